The highest BCUT2D eigenvalue weighted by Gasteiger charge is 2.42. The molecular weight excluding hydrogens is 302 g/mol. The molecule has 1 aromatic carbocycles. The first-order valence-electron chi connectivity index (χ1n) is 7.15. The van der Waals surface area contributed by atoms with E-state index in [2.05, 4.69) is 5.32 Å². The summed E-state index contributed by atoms with van der Waals surface area (Å²) < 4.78 is 5.62. The van der Waals surface area contributed by atoms with Crippen molar-refractivity contribution < 1.29 is 19.1 Å². The Bertz CT molecular complexity index is 731. The van der Waals surface area contributed by atoms with E-state index in [1.54, 1.807) is 17.8 Å². The molecule has 5 nitrogen and oxygen atoms in total. The number of furan rings is 1. The molecule has 2 aromatic rings. The summed E-state index contributed by atoms with van der Waals surface area (Å²) in [6, 6.07) is 7.40. The van der Waals surface area contributed by atoms with Crippen LogP contribution in [0.15, 0.2) is 28.7 Å². The number of aryl methyl sites for hydroxylation is 1. The lowest BCUT2D eigenvalue weighted by Gasteiger charge is -2.33. The Labute approximate surface area is 132 Å². The van der Waals surface area contributed by atoms with Gasteiger partial charge in [-0.2, -0.15) is 11.8 Å². The molecule has 0 aliphatic carbocycles. The molecule has 22 heavy (non-hydrogen) atoms. The third kappa shape index (κ3) is 2.47. The highest BCUT2D eigenvalue weighted by molar-refractivity contribution is 7.99. The van der Waals surface area contributed by atoms with Crippen molar-refractivity contribution in [3.05, 3.63) is 35.6 Å². The quantitative estimate of drug-likeness (QED) is 0.909. The van der Waals surface area contributed by atoms with Gasteiger partial charge in [0.1, 0.15) is 11.1 Å². The van der Waals surface area contributed by atoms with Gasteiger partial charge in [-0.15, -0.1) is 0 Å². The van der Waals surface area contributed by atoms with E-state index in [0.29, 0.717) is 18.4 Å². The van der Waals surface area contributed by atoms with Crippen molar-refractivity contribution in [1.29, 1.82) is 0 Å². The molecule has 116 valence electrons. The normalized spacial score (nSPS) is 17.3. The van der Waals surface area contributed by atoms with Gasteiger partial charge in [-0.05, 0) is 37.3 Å². The van der Waals surface area contributed by atoms with E-state index in [9.17, 15) is 14.7 Å². The molecule has 1 amide bonds. The topological polar surface area (TPSA) is 79.5 Å². The second-order valence-electron chi connectivity index (χ2n) is 5.51. The van der Waals surface area contributed by atoms with Crippen molar-refractivity contribution in [3.8, 4) is 0 Å². The molecule has 0 radical (unpaired) electrons. The largest absolute Gasteiger partial charge is 0.480 e. The smallest absolute Gasteiger partial charge is 0.329 e. The van der Waals surface area contributed by atoms with Crippen LogP contribution in [0.1, 0.15) is 29.0 Å². The Morgan fingerprint density at radius 1 is 1.27 bits per heavy atom. The first kappa shape index (κ1) is 15.0. The van der Waals surface area contributed by atoms with Gasteiger partial charge in [0.2, 0.25) is 0 Å². The SMILES string of the molecule is Cc1c(C(=O)NC2(C(=O)O)CCSCC2)oc2ccccc12. The number of hydrogen-bond donors (Lipinski definition) is 2. The first-order valence-corrected chi connectivity index (χ1v) is 8.31. The molecule has 0 bridgehead atoms. The summed E-state index contributed by atoms with van der Waals surface area (Å²) in [5, 5.41) is 13.1. The summed E-state index contributed by atoms with van der Waals surface area (Å²) >= 11 is 1.71. The van der Waals surface area contributed by atoms with Gasteiger partial charge in [0.15, 0.2) is 5.76 Å². The van der Waals surface area contributed by atoms with Crippen molar-refractivity contribution in [1.82, 2.24) is 5.32 Å². The fraction of sp³-hybridized carbons (Fsp3) is 0.375. The number of carboxylic acids is 1. The predicted octanol–water partition coefficient (Wildman–Crippen LogP) is 2.82. The zero-order chi connectivity index (χ0) is 15.7. The van der Waals surface area contributed by atoms with E-state index in [1.807, 2.05) is 25.1 Å². The Morgan fingerprint density at radius 2 is 1.95 bits per heavy atom. The molecule has 1 saturated heterocycles. The Hall–Kier alpha value is -1.95. The second-order valence-corrected chi connectivity index (χ2v) is 6.73. The molecule has 0 unspecified atom stereocenters. The molecule has 1 aromatic heterocycles. The van der Waals surface area contributed by atoms with Crippen LogP contribution in [-0.2, 0) is 4.79 Å². The van der Waals surface area contributed by atoms with Crippen LogP contribution in [0.4, 0.5) is 0 Å². The zero-order valence-corrected chi connectivity index (χ0v) is 13.0. The fourth-order valence-corrected chi connectivity index (χ4v) is 3.97. The molecule has 6 heteroatoms. The molecule has 0 saturated carbocycles. The zero-order valence-electron chi connectivity index (χ0n) is 12.2. The van der Waals surface area contributed by atoms with Gasteiger partial charge in [0, 0.05) is 10.9 Å². The van der Waals surface area contributed by atoms with Crippen LogP contribution in [0, 0.1) is 6.92 Å². The molecule has 2 N–H and O–H groups in total. The van der Waals surface area contributed by atoms with Gasteiger partial charge < -0.3 is 14.8 Å². The summed E-state index contributed by atoms with van der Waals surface area (Å²) in [4.78, 5) is 24.2. The van der Waals surface area contributed by atoms with E-state index in [1.165, 1.54) is 0 Å². The van der Waals surface area contributed by atoms with Gasteiger partial charge in [-0.1, -0.05) is 18.2 Å². The van der Waals surface area contributed by atoms with E-state index in [-0.39, 0.29) is 5.76 Å². The maximum absolute atomic E-state index is 12.5. The van der Waals surface area contributed by atoms with Gasteiger partial charge in [-0.25, -0.2) is 4.79 Å². The lowest BCUT2D eigenvalue weighted by atomic mass is 9.92. The number of carboxylic acid groups (broad SMARTS) is 1. The molecule has 3 rings (SSSR count). The average molecular weight is 319 g/mol. The number of nitrogens with one attached hydrogen (secondary N) is 1. The number of benzene rings is 1. The molecule has 1 aliphatic rings. The lowest BCUT2D eigenvalue weighted by Crippen LogP contribution is -2.56. The van der Waals surface area contributed by atoms with Crippen LogP contribution in [-0.4, -0.2) is 34.0 Å². The van der Waals surface area contributed by atoms with E-state index >= 15 is 0 Å². The summed E-state index contributed by atoms with van der Waals surface area (Å²) in [5.41, 5.74) is 0.181. The summed E-state index contributed by atoms with van der Waals surface area (Å²) in [5.74, 6) is 0.218. The van der Waals surface area contributed by atoms with Crippen LogP contribution >= 0.6 is 11.8 Å². The highest BCUT2D eigenvalue weighted by Crippen LogP contribution is 2.29. The lowest BCUT2D eigenvalue weighted by molar-refractivity contribution is -0.144. The van der Waals surface area contributed by atoms with Gasteiger partial charge in [0.05, 0.1) is 0 Å². The monoisotopic (exact) mass is 319 g/mol. The van der Waals surface area contributed by atoms with Crippen LogP contribution < -0.4 is 5.32 Å². The molecule has 0 atom stereocenters. The minimum atomic E-state index is -1.19. The van der Waals surface area contributed by atoms with Crippen molar-refractivity contribution in [3.63, 3.8) is 0 Å². The molecule has 2 heterocycles. The number of carbonyl (C=O) groups is 2. The predicted molar refractivity (Wildman–Crippen MR) is 85.3 cm³/mol. The number of amides is 1. The average Bonchev–Trinajstić information content (AvgIpc) is 2.86. The van der Waals surface area contributed by atoms with Crippen molar-refractivity contribution in [2.24, 2.45) is 0 Å². The number of carbonyl (C=O) groups excluding carboxylic acids is 1. The van der Waals surface area contributed by atoms with Gasteiger partial charge in [0.25, 0.3) is 5.91 Å². The van der Waals surface area contributed by atoms with Crippen LogP contribution in [0.25, 0.3) is 11.0 Å². The number of thioether (sulfide) groups is 1. The molecule has 1 fully saturated rings. The minimum absolute atomic E-state index is 0.194. The second kappa shape index (κ2) is 5.68. The number of aliphatic carboxylic acids is 1. The van der Waals surface area contributed by atoms with Crippen LogP contribution in [0.2, 0.25) is 0 Å². The van der Waals surface area contributed by atoms with Crippen molar-refractivity contribution in [2.75, 3.05) is 11.5 Å². The first-order chi connectivity index (χ1) is 10.5. The Balaban J connectivity index is 1.92. The minimum Gasteiger partial charge on any atom is -0.480 e. The molecule has 0 spiro atoms. The maximum atomic E-state index is 12.5. The number of fused-ring (bicyclic) bond motifs is 1. The van der Waals surface area contributed by atoms with Gasteiger partial charge >= 0.3 is 5.97 Å². The van der Waals surface area contributed by atoms with Crippen molar-refractivity contribution >= 4 is 34.6 Å². The van der Waals surface area contributed by atoms with Crippen LogP contribution in [0.5, 0.6) is 0 Å². The van der Waals surface area contributed by atoms with Gasteiger partial charge in [-0.3, -0.25) is 4.79 Å². The standard InChI is InChI=1S/C16H17NO4S/c1-10-11-4-2-3-5-12(11)21-13(10)14(18)17-16(15(19)20)6-8-22-9-7-16/h2-5H,6-9H2,1H3,(H,17,18)(H,19,20). The Kier molecular flexibility index (Phi) is 3.87. The number of para-hydroxylation sites is 1. The third-order valence-electron chi connectivity index (χ3n) is 4.16. The third-order valence-corrected chi connectivity index (χ3v) is 5.14. The number of hydrogen-bond acceptors (Lipinski definition) is 4. The van der Waals surface area contributed by atoms with E-state index in [0.717, 1.165) is 22.5 Å². The maximum Gasteiger partial charge on any atom is 0.329 e. The molecular formula is C16H17NO4S. The summed E-state index contributed by atoms with van der Waals surface area (Å²) in [7, 11) is 0. The summed E-state index contributed by atoms with van der Waals surface area (Å²) in [6.07, 6.45) is 0.857. The van der Waals surface area contributed by atoms with Crippen molar-refractivity contribution in [2.45, 2.75) is 25.3 Å². The summed E-state index contributed by atoms with van der Waals surface area (Å²) in [6.45, 7) is 1.81. The number of rotatable bonds is 3. The Morgan fingerprint density at radius 3 is 2.59 bits per heavy atom. The van der Waals surface area contributed by atoms with Crippen LogP contribution in [0.3, 0.4) is 0 Å². The van der Waals surface area contributed by atoms with E-state index in [4.69, 9.17) is 4.42 Å². The fourth-order valence-electron chi connectivity index (χ4n) is 2.78. The van der Waals surface area contributed by atoms with E-state index < -0.39 is 17.4 Å². The highest BCUT2D eigenvalue weighted by atomic mass is 32.2. The molecule has 1 aliphatic heterocycles.